The molecular weight excluding hydrogens is 372 g/mol. The maximum Gasteiger partial charge on any atom is 0.147 e. The first-order chi connectivity index (χ1) is 9.01. The van der Waals surface area contributed by atoms with E-state index in [-0.39, 0.29) is 0 Å². The molecule has 2 rings (SSSR count). The second kappa shape index (κ2) is 6.33. The summed E-state index contributed by atoms with van der Waals surface area (Å²) in [6, 6.07) is 8.68. The van der Waals surface area contributed by atoms with Gasteiger partial charge in [0.05, 0.1) is 15.1 Å². The zero-order valence-electron chi connectivity index (χ0n) is 9.59. The molecule has 0 unspecified atom stereocenters. The second-order valence-corrected chi connectivity index (χ2v) is 5.89. The lowest BCUT2D eigenvalue weighted by Gasteiger charge is -2.12. The number of benzene rings is 2. The Morgan fingerprint density at radius 2 is 1.63 bits per heavy atom. The number of rotatable bonds is 3. The molecule has 100 valence electrons. The fraction of sp³-hybridized carbons (Fsp3) is 0.0769. The van der Waals surface area contributed by atoms with E-state index < -0.39 is 0 Å². The fourth-order valence-electron chi connectivity index (χ4n) is 1.51. The summed E-state index contributed by atoms with van der Waals surface area (Å²) in [5, 5.41) is 1.15. The Kier molecular flexibility index (Phi) is 4.98. The minimum absolute atomic E-state index is 0.355. The van der Waals surface area contributed by atoms with Crippen LogP contribution >= 0.6 is 50.7 Å². The highest BCUT2D eigenvalue weighted by Crippen LogP contribution is 2.37. The first-order valence-corrected chi connectivity index (χ1v) is 7.25. The Labute approximate surface area is 134 Å². The fourth-order valence-corrected chi connectivity index (χ4v) is 2.49. The Hall–Kier alpha value is -0.450. The van der Waals surface area contributed by atoms with Crippen LogP contribution in [0.5, 0.6) is 11.5 Å². The highest BCUT2D eigenvalue weighted by molar-refractivity contribution is 9.10. The van der Waals surface area contributed by atoms with Crippen LogP contribution in [0.2, 0.25) is 15.1 Å². The molecule has 2 aromatic rings. The summed E-state index contributed by atoms with van der Waals surface area (Å²) in [4.78, 5) is 0. The lowest BCUT2D eigenvalue weighted by Crippen LogP contribution is -1.99. The summed E-state index contributed by atoms with van der Waals surface area (Å²) in [6.07, 6.45) is 0. The monoisotopic (exact) mass is 379 g/mol. The van der Waals surface area contributed by atoms with Crippen molar-refractivity contribution in [3.8, 4) is 11.5 Å². The predicted octanol–water partition coefficient (Wildman–Crippen LogP) is 5.66. The molecule has 0 spiro atoms. The summed E-state index contributed by atoms with van der Waals surface area (Å²) >= 11 is 21.3. The van der Waals surface area contributed by atoms with Crippen molar-refractivity contribution in [3.63, 3.8) is 0 Å². The van der Waals surface area contributed by atoms with Crippen molar-refractivity contribution >= 4 is 50.7 Å². The van der Waals surface area contributed by atoms with Crippen molar-refractivity contribution in [1.82, 2.24) is 0 Å². The third-order valence-corrected chi connectivity index (χ3v) is 3.95. The normalized spacial score (nSPS) is 10.6. The van der Waals surface area contributed by atoms with Gasteiger partial charge in [0.2, 0.25) is 0 Å². The number of hydrogen-bond donors (Lipinski definition) is 1. The highest BCUT2D eigenvalue weighted by atomic mass is 79.9. The summed E-state index contributed by atoms with van der Waals surface area (Å²) in [6.45, 7) is 0.355. The van der Waals surface area contributed by atoms with Crippen LogP contribution in [0.15, 0.2) is 34.8 Å². The van der Waals surface area contributed by atoms with E-state index in [9.17, 15) is 0 Å². The van der Waals surface area contributed by atoms with Crippen molar-refractivity contribution < 1.29 is 4.74 Å². The third-order valence-electron chi connectivity index (χ3n) is 2.44. The summed E-state index contributed by atoms with van der Waals surface area (Å²) < 4.78 is 6.68. The van der Waals surface area contributed by atoms with Crippen molar-refractivity contribution in [2.24, 2.45) is 5.73 Å². The predicted molar refractivity (Wildman–Crippen MR) is 83.6 cm³/mol. The smallest absolute Gasteiger partial charge is 0.147 e. The molecule has 0 aromatic heterocycles. The SMILES string of the molecule is NCc1cc(Br)ccc1Oc1cc(Cl)c(Cl)cc1Cl. The third kappa shape index (κ3) is 3.56. The van der Waals surface area contributed by atoms with E-state index in [2.05, 4.69) is 15.9 Å². The van der Waals surface area contributed by atoms with Gasteiger partial charge in [0, 0.05) is 22.6 Å². The largest absolute Gasteiger partial charge is 0.455 e. The van der Waals surface area contributed by atoms with Crippen LogP contribution in [0, 0.1) is 0 Å². The van der Waals surface area contributed by atoms with Crippen LogP contribution in [-0.4, -0.2) is 0 Å². The number of halogens is 4. The van der Waals surface area contributed by atoms with Gasteiger partial charge in [0.1, 0.15) is 11.5 Å². The van der Waals surface area contributed by atoms with Gasteiger partial charge in [-0.1, -0.05) is 50.7 Å². The topological polar surface area (TPSA) is 35.2 Å². The van der Waals surface area contributed by atoms with Crippen molar-refractivity contribution in [1.29, 1.82) is 0 Å². The molecule has 0 amide bonds. The van der Waals surface area contributed by atoms with Crippen LogP contribution < -0.4 is 10.5 Å². The zero-order chi connectivity index (χ0) is 14.0. The quantitative estimate of drug-likeness (QED) is 0.696. The second-order valence-electron chi connectivity index (χ2n) is 3.75. The van der Waals surface area contributed by atoms with E-state index in [0.29, 0.717) is 33.1 Å². The molecule has 0 saturated carbocycles. The minimum Gasteiger partial charge on any atom is -0.455 e. The Morgan fingerprint density at radius 1 is 0.947 bits per heavy atom. The van der Waals surface area contributed by atoms with Crippen molar-refractivity contribution in [3.05, 3.63) is 55.4 Å². The van der Waals surface area contributed by atoms with Gasteiger partial charge in [-0.3, -0.25) is 0 Å². The van der Waals surface area contributed by atoms with Crippen LogP contribution in [0.1, 0.15) is 5.56 Å². The Bertz CT molecular complexity index is 619. The average Bonchev–Trinajstić information content (AvgIpc) is 2.37. The molecule has 0 aliphatic rings. The summed E-state index contributed by atoms with van der Waals surface area (Å²) in [5.41, 5.74) is 6.54. The molecule has 0 aliphatic carbocycles. The van der Waals surface area contributed by atoms with Crippen molar-refractivity contribution in [2.45, 2.75) is 6.54 Å². The molecule has 2 nitrogen and oxygen atoms in total. The van der Waals surface area contributed by atoms with Gasteiger partial charge >= 0.3 is 0 Å². The summed E-state index contributed by atoms with van der Waals surface area (Å²) in [5.74, 6) is 1.07. The maximum absolute atomic E-state index is 6.07. The van der Waals surface area contributed by atoms with Gasteiger partial charge in [-0.25, -0.2) is 0 Å². The molecule has 0 heterocycles. The van der Waals surface area contributed by atoms with Crippen molar-refractivity contribution in [2.75, 3.05) is 0 Å². The van der Waals surface area contributed by atoms with E-state index in [1.165, 1.54) is 0 Å². The van der Waals surface area contributed by atoms with E-state index in [1.807, 2.05) is 18.2 Å². The molecule has 0 saturated heterocycles. The number of hydrogen-bond acceptors (Lipinski definition) is 2. The molecule has 2 N–H and O–H groups in total. The summed E-state index contributed by atoms with van der Waals surface area (Å²) in [7, 11) is 0. The van der Waals surface area contributed by atoms with Gasteiger partial charge in [-0.15, -0.1) is 0 Å². The first-order valence-electron chi connectivity index (χ1n) is 5.32. The molecular formula is C13H9BrCl3NO. The molecule has 0 bridgehead atoms. The molecule has 0 aliphatic heterocycles. The average molecular weight is 381 g/mol. The highest BCUT2D eigenvalue weighted by Gasteiger charge is 2.10. The van der Waals surface area contributed by atoms with Crippen LogP contribution in [0.3, 0.4) is 0 Å². The Morgan fingerprint density at radius 3 is 2.32 bits per heavy atom. The molecule has 6 heteroatoms. The van der Waals surface area contributed by atoms with Gasteiger partial charge in [0.15, 0.2) is 0 Å². The van der Waals surface area contributed by atoms with Gasteiger partial charge in [-0.05, 0) is 24.3 Å². The molecule has 0 fully saturated rings. The molecule has 0 radical (unpaired) electrons. The van der Waals surface area contributed by atoms with Crippen LogP contribution in [0.25, 0.3) is 0 Å². The molecule has 19 heavy (non-hydrogen) atoms. The lowest BCUT2D eigenvalue weighted by molar-refractivity contribution is 0.476. The van der Waals surface area contributed by atoms with E-state index in [4.69, 9.17) is 45.3 Å². The zero-order valence-corrected chi connectivity index (χ0v) is 13.4. The maximum atomic E-state index is 6.07. The standard InChI is InChI=1S/C13H9BrCl3NO/c14-8-1-2-12(7(3-8)6-18)19-13-5-10(16)9(15)4-11(13)17/h1-5H,6,18H2. The molecule has 0 atom stereocenters. The van der Waals surface area contributed by atoms with Gasteiger partial charge in [-0.2, -0.15) is 0 Å². The van der Waals surface area contributed by atoms with Gasteiger partial charge < -0.3 is 10.5 Å². The van der Waals surface area contributed by atoms with Crippen LogP contribution in [0.4, 0.5) is 0 Å². The number of ether oxygens (including phenoxy) is 1. The van der Waals surface area contributed by atoms with E-state index >= 15 is 0 Å². The Balaban J connectivity index is 2.39. The van der Waals surface area contributed by atoms with Crippen LogP contribution in [-0.2, 0) is 6.54 Å². The van der Waals surface area contributed by atoms with Gasteiger partial charge in [0.25, 0.3) is 0 Å². The first kappa shape index (κ1) is 14.9. The van der Waals surface area contributed by atoms with E-state index in [0.717, 1.165) is 10.0 Å². The van der Waals surface area contributed by atoms with E-state index in [1.54, 1.807) is 12.1 Å². The molecule has 2 aromatic carbocycles. The lowest BCUT2D eigenvalue weighted by atomic mass is 10.2. The minimum atomic E-state index is 0.355. The number of nitrogens with two attached hydrogens (primary N) is 1.